The van der Waals surface area contributed by atoms with Crippen LogP contribution in [-0.2, 0) is 11.2 Å². The summed E-state index contributed by atoms with van der Waals surface area (Å²) in [6.45, 7) is 0. The van der Waals surface area contributed by atoms with Crippen LogP contribution in [0, 0.1) is 0 Å². The van der Waals surface area contributed by atoms with E-state index in [1.54, 1.807) is 22.6 Å². The van der Waals surface area contributed by atoms with Crippen molar-refractivity contribution in [2.24, 2.45) is 0 Å². The first-order chi connectivity index (χ1) is 13.3. The Hall–Kier alpha value is -3.51. The number of carbonyl (C=O) groups is 1. The molecule has 6 nitrogen and oxygen atoms in total. The van der Waals surface area contributed by atoms with Crippen LogP contribution < -0.4 is 5.48 Å². The van der Waals surface area contributed by atoms with Gasteiger partial charge >= 0.3 is 0 Å². The number of rotatable bonds is 5. The van der Waals surface area contributed by atoms with E-state index >= 15 is 0 Å². The molecule has 27 heavy (non-hydrogen) atoms. The quantitative estimate of drug-likeness (QED) is 0.423. The average molecular weight is 358 g/mol. The molecule has 0 fully saturated rings. The Morgan fingerprint density at radius 2 is 1.74 bits per heavy atom. The molecule has 4 aromatic rings. The number of benzene rings is 2. The second-order valence-electron chi connectivity index (χ2n) is 6.27. The lowest BCUT2D eigenvalue weighted by Crippen LogP contribution is -2.32. The van der Waals surface area contributed by atoms with E-state index in [4.69, 9.17) is 0 Å². The van der Waals surface area contributed by atoms with Crippen LogP contribution >= 0.6 is 0 Å². The maximum Gasteiger partial charge on any atom is 0.268 e. The Labute approximate surface area is 156 Å². The molecule has 1 atom stereocenters. The maximum atomic E-state index is 12.3. The summed E-state index contributed by atoms with van der Waals surface area (Å²) in [6, 6.07) is 20.8. The number of nitrogens with zero attached hydrogens (tertiary/aromatic N) is 3. The van der Waals surface area contributed by atoms with E-state index in [0.717, 1.165) is 27.7 Å². The molecule has 4 rings (SSSR count). The van der Waals surface area contributed by atoms with E-state index in [-0.39, 0.29) is 0 Å². The predicted molar refractivity (Wildman–Crippen MR) is 102 cm³/mol. The normalized spacial score (nSPS) is 12.0. The first kappa shape index (κ1) is 16.9. The minimum absolute atomic E-state index is 0.407. The monoisotopic (exact) mass is 358 g/mol. The van der Waals surface area contributed by atoms with E-state index in [1.165, 1.54) is 0 Å². The summed E-state index contributed by atoms with van der Waals surface area (Å²) in [6.07, 6.45) is 3.84. The highest BCUT2D eigenvalue weighted by atomic mass is 16.5. The summed E-state index contributed by atoms with van der Waals surface area (Å²) in [5.41, 5.74) is 5.32. The van der Waals surface area contributed by atoms with Crippen molar-refractivity contribution in [1.29, 1.82) is 0 Å². The molecule has 6 heteroatoms. The molecule has 2 N–H and O–H groups in total. The van der Waals surface area contributed by atoms with Gasteiger partial charge in [0.2, 0.25) is 0 Å². The second kappa shape index (κ2) is 7.39. The maximum absolute atomic E-state index is 12.3. The van der Waals surface area contributed by atoms with Crippen LogP contribution in [0.2, 0.25) is 0 Å². The van der Waals surface area contributed by atoms with Crippen molar-refractivity contribution in [1.82, 2.24) is 20.2 Å². The third-order valence-corrected chi connectivity index (χ3v) is 4.53. The van der Waals surface area contributed by atoms with Gasteiger partial charge in [0, 0.05) is 17.4 Å². The minimum Gasteiger partial charge on any atom is -0.289 e. The molecule has 0 radical (unpaired) electrons. The summed E-state index contributed by atoms with van der Waals surface area (Å²) >= 11 is 0. The molecule has 1 amide bonds. The SMILES string of the molecule is O=C(NO)C(Cc1ccccc1)n1ncc2cc(-c3ccccc3)ncc21. The smallest absolute Gasteiger partial charge is 0.268 e. The Kier molecular flexibility index (Phi) is 4.63. The van der Waals surface area contributed by atoms with Gasteiger partial charge in [0.15, 0.2) is 0 Å². The van der Waals surface area contributed by atoms with Crippen molar-refractivity contribution in [3.05, 3.63) is 84.7 Å². The fourth-order valence-electron chi connectivity index (χ4n) is 3.16. The largest absolute Gasteiger partial charge is 0.289 e. The number of hydrogen-bond acceptors (Lipinski definition) is 4. The van der Waals surface area contributed by atoms with Crippen molar-refractivity contribution in [2.75, 3.05) is 0 Å². The molecule has 0 aliphatic heterocycles. The van der Waals surface area contributed by atoms with E-state index in [0.29, 0.717) is 6.42 Å². The van der Waals surface area contributed by atoms with Gasteiger partial charge in [-0.3, -0.25) is 19.7 Å². The second-order valence-corrected chi connectivity index (χ2v) is 6.27. The zero-order valence-corrected chi connectivity index (χ0v) is 14.5. The number of hydroxylamine groups is 1. The fraction of sp³-hybridized carbons (Fsp3) is 0.0952. The van der Waals surface area contributed by atoms with Crippen molar-refractivity contribution in [3.63, 3.8) is 0 Å². The molecular formula is C21H18N4O2. The van der Waals surface area contributed by atoms with Crippen molar-refractivity contribution >= 4 is 16.8 Å². The average Bonchev–Trinajstić information content (AvgIpc) is 3.16. The summed E-state index contributed by atoms with van der Waals surface area (Å²) in [5, 5.41) is 14.5. The first-order valence-electron chi connectivity index (χ1n) is 8.63. The summed E-state index contributed by atoms with van der Waals surface area (Å²) in [5.74, 6) is -0.518. The highest BCUT2D eigenvalue weighted by molar-refractivity contribution is 5.85. The Balaban J connectivity index is 1.73. The van der Waals surface area contributed by atoms with Gasteiger partial charge in [-0.2, -0.15) is 5.10 Å². The van der Waals surface area contributed by atoms with Crippen LogP contribution in [0.15, 0.2) is 79.1 Å². The van der Waals surface area contributed by atoms with E-state index in [2.05, 4.69) is 10.1 Å². The first-order valence-corrected chi connectivity index (χ1v) is 8.63. The fourth-order valence-corrected chi connectivity index (χ4v) is 3.16. The molecule has 2 aromatic carbocycles. The van der Waals surface area contributed by atoms with Crippen LogP contribution in [0.25, 0.3) is 22.2 Å². The van der Waals surface area contributed by atoms with Gasteiger partial charge in [-0.1, -0.05) is 60.7 Å². The number of hydrogen-bond donors (Lipinski definition) is 2. The molecule has 0 bridgehead atoms. The molecule has 2 heterocycles. The number of nitrogens with one attached hydrogen (secondary N) is 1. The van der Waals surface area contributed by atoms with Crippen LogP contribution in [0.1, 0.15) is 11.6 Å². The predicted octanol–water partition coefficient (Wildman–Crippen LogP) is 3.39. The molecule has 2 aromatic heterocycles. The standard InChI is InChI=1S/C21H18N4O2/c26-21(24-27)19(11-15-7-3-1-4-8-15)25-20-14-22-18(12-17(20)13-23-25)16-9-5-2-6-10-16/h1-10,12-14,19,27H,11H2,(H,24,26). The number of fused-ring (bicyclic) bond motifs is 1. The molecule has 134 valence electrons. The third-order valence-electron chi connectivity index (χ3n) is 4.53. The molecule has 0 saturated heterocycles. The van der Waals surface area contributed by atoms with Gasteiger partial charge in [-0.05, 0) is 11.6 Å². The lowest BCUT2D eigenvalue weighted by Gasteiger charge is -2.16. The number of pyridine rings is 1. The molecule has 1 unspecified atom stereocenters. The zero-order chi connectivity index (χ0) is 18.6. The van der Waals surface area contributed by atoms with E-state index in [9.17, 15) is 10.0 Å². The number of aromatic nitrogens is 3. The van der Waals surface area contributed by atoms with Crippen LogP contribution in [0.3, 0.4) is 0 Å². The van der Waals surface area contributed by atoms with Gasteiger partial charge in [-0.15, -0.1) is 0 Å². The highest BCUT2D eigenvalue weighted by Crippen LogP contribution is 2.25. The Bertz CT molecular complexity index is 1060. The third kappa shape index (κ3) is 3.43. The van der Waals surface area contributed by atoms with Gasteiger partial charge in [0.05, 0.1) is 23.6 Å². The number of amides is 1. The van der Waals surface area contributed by atoms with Gasteiger partial charge in [0.25, 0.3) is 5.91 Å². The molecule has 0 aliphatic rings. The van der Waals surface area contributed by atoms with Crippen molar-refractivity contribution < 1.29 is 10.0 Å². The van der Waals surface area contributed by atoms with Crippen molar-refractivity contribution in [3.8, 4) is 11.3 Å². The Morgan fingerprint density at radius 3 is 2.44 bits per heavy atom. The summed E-state index contributed by atoms with van der Waals surface area (Å²) in [7, 11) is 0. The van der Waals surface area contributed by atoms with Gasteiger partial charge in [-0.25, -0.2) is 5.48 Å². The topological polar surface area (TPSA) is 80.0 Å². The van der Waals surface area contributed by atoms with E-state index < -0.39 is 11.9 Å². The molecular weight excluding hydrogens is 340 g/mol. The molecule has 0 saturated carbocycles. The lowest BCUT2D eigenvalue weighted by molar-refractivity contribution is -0.132. The minimum atomic E-state index is -0.681. The van der Waals surface area contributed by atoms with Gasteiger partial charge < -0.3 is 0 Å². The van der Waals surface area contributed by atoms with Crippen molar-refractivity contribution in [2.45, 2.75) is 12.5 Å². The Morgan fingerprint density at radius 1 is 1.04 bits per heavy atom. The van der Waals surface area contributed by atoms with E-state index in [1.807, 2.05) is 66.7 Å². The summed E-state index contributed by atoms with van der Waals surface area (Å²) in [4.78, 5) is 16.8. The zero-order valence-electron chi connectivity index (χ0n) is 14.5. The number of carbonyl (C=O) groups excluding carboxylic acids is 1. The molecule has 0 spiro atoms. The van der Waals surface area contributed by atoms with Gasteiger partial charge in [0.1, 0.15) is 6.04 Å². The molecule has 0 aliphatic carbocycles. The highest BCUT2D eigenvalue weighted by Gasteiger charge is 2.23. The summed E-state index contributed by atoms with van der Waals surface area (Å²) < 4.78 is 1.61. The van der Waals surface area contributed by atoms with Crippen LogP contribution in [0.4, 0.5) is 0 Å². The van der Waals surface area contributed by atoms with Crippen LogP contribution in [-0.4, -0.2) is 25.9 Å². The van der Waals surface area contributed by atoms with Crippen LogP contribution in [0.5, 0.6) is 0 Å². The lowest BCUT2D eigenvalue weighted by atomic mass is 10.1.